The maximum absolute atomic E-state index is 12.3. The number of nitrogens with zero attached hydrogens (tertiary/aromatic N) is 2. The van der Waals surface area contributed by atoms with Gasteiger partial charge in [0, 0.05) is 6.20 Å². The predicted octanol–water partition coefficient (Wildman–Crippen LogP) is 2.66. The van der Waals surface area contributed by atoms with Crippen LogP contribution in [0.25, 0.3) is 5.52 Å². The molecule has 0 bridgehead atoms. The van der Waals surface area contributed by atoms with E-state index in [4.69, 9.17) is 0 Å². The Kier molecular flexibility index (Phi) is 1.77. The van der Waals surface area contributed by atoms with Crippen LogP contribution < -0.4 is 0 Å². The quantitative estimate of drug-likeness (QED) is 0.639. The lowest BCUT2D eigenvalue weighted by Gasteiger charge is -1.98. The maximum Gasteiger partial charge on any atom is 0.435 e. The first-order chi connectivity index (χ1) is 6.47. The molecule has 0 aliphatic carbocycles. The van der Waals surface area contributed by atoms with E-state index in [-0.39, 0.29) is 0 Å². The SMILES string of the molecule is Cc1ccc2cc(C(F)(F)F)nn2c1. The number of halogens is 3. The van der Waals surface area contributed by atoms with Crippen molar-refractivity contribution in [1.29, 1.82) is 0 Å². The molecule has 0 saturated carbocycles. The van der Waals surface area contributed by atoms with Crippen LogP contribution in [0, 0.1) is 6.92 Å². The van der Waals surface area contributed by atoms with Crippen molar-refractivity contribution in [3.63, 3.8) is 0 Å². The molecule has 0 unspecified atom stereocenters. The maximum atomic E-state index is 12.3. The molecule has 0 aromatic carbocycles. The van der Waals surface area contributed by atoms with E-state index in [2.05, 4.69) is 5.10 Å². The van der Waals surface area contributed by atoms with Crippen LogP contribution in [-0.4, -0.2) is 9.61 Å². The summed E-state index contributed by atoms with van der Waals surface area (Å²) in [5.74, 6) is 0. The Morgan fingerprint density at radius 3 is 2.64 bits per heavy atom. The monoisotopic (exact) mass is 200 g/mol. The third kappa shape index (κ3) is 1.45. The number of fused-ring (bicyclic) bond motifs is 1. The second kappa shape index (κ2) is 2.73. The van der Waals surface area contributed by atoms with Gasteiger partial charge in [0.25, 0.3) is 0 Å². The molecule has 5 heteroatoms. The Hall–Kier alpha value is -1.52. The third-order valence-electron chi connectivity index (χ3n) is 1.90. The van der Waals surface area contributed by atoms with Crippen molar-refractivity contribution >= 4 is 5.52 Å². The van der Waals surface area contributed by atoms with Crippen molar-refractivity contribution in [3.8, 4) is 0 Å². The van der Waals surface area contributed by atoms with Crippen LogP contribution in [0.5, 0.6) is 0 Å². The molecule has 14 heavy (non-hydrogen) atoms. The van der Waals surface area contributed by atoms with Gasteiger partial charge < -0.3 is 0 Å². The number of rotatable bonds is 0. The highest BCUT2D eigenvalue weighted by atomic mass is 19.4. The van der Waals surface area contributed by atoms with Crippen LogP contribution in [0.2, 0.25) is 0 Å². The summed E-state index contributed by atoms with van der Waals surface area (Å²) in [5, 5.41) is 3.44. The summed E-state index contributed by atoms with van der Waals surface area (Å²) in [6, 6.07) is 4.38. The molecule has 2 heterocycles. The van der Waals surface area contributed by atoms with Gasteiger partial charge in [0.15, 0.2) is 5.69 Å². The highest BCUT2D eigenvalue weighted by Gasteiger charge is 2.33. The molecule has 2 nitrogen and oxygen atoms in total. The van der Waals surface area contributed by atoms with Gasteiger partial charge >= 0.3 is 6.18 Å². The van der Waals surface area contributed by atoms with Crippen LogP contribution in [0.15, 0.2) is 24.4 Å². The van der Waals surface area contributed by atoms with Crippen molar-refractivity contribution in [2.45, 2.75) is 13.1 Å². The molecule has 0 fully saturated rings. The molecule has 0 radical (unpaired) electrons. The number of aromatic nitrogens is 2. The second-order valence-corrected chi connectivity index (χ2v) is 3.10. The third-order valence-corrected chi connectivity index (χ3v) is 1.90. The van der Waals surface area contributed by atoms with E-state index in [0.29, 0.717) is 5.52 Å². The second-order valence-electron chi connectivity index (χ2n) is 3.10. The van der Waals surface area contributed by atoms with Gasteiger partial charge in [-0.2, -0.15) is 18.3 Å². The van der Waals surface area contributed by atoms with Gasteiger partial charge in [-0.15, -0.1) is 0 Å². The normalized spacial score (nSPS) is 12.3. The van der Waals surface area contributed by atoms with Crippen molar-refractivity contribution < 1.29 is 13.2 Å². The lowest BCUT2D eigenvalue weighted by atomic mass is 10.3. The molecule has 0 aliphatic rings. The Labute approximate surface area is 78.0 Å². The molecule has 2 rings (SSSR count). The summed E-state index contributed by atoms with van der Waals surface area (Å²) >= 11 is 0. The largest absolute Gasteiger partial charge is 0.435 e. The summed E-state index contributed by atoms with van der Waals surface area (Å²) in [7, 11) is 0. The van der Waals surface area contributed by atoms with Crippen LogP contribution in [0.1, 0.15) is 11.3 Å². The number of hydrogen-bond donors (Lipinski definition) is 0. The summed E-state index contributed by atoms with van der Waals surface area (Å²) in [5.41, 5.74) is 0.459. The molecule has 2 aromatic heterocycles. The zero-order valence-electron chi connectivity index (χ0n) is 7.34. The van der Waals surface area contributed by atoms with E-state index in [1.807, 2.05) is 0 Å². The molecule has 0 atom stereocenters. The smallest absolute Gasteiger partial charge is 0.240 e. The van der Waals surface area contributed by atoms with Crippen molar-refractivity contribution in [3.05, 3.63) is 35.7 Å². The van der Waals surface area contributed by atoms with Crippen LogP contribution >= 0.6 is 0 Å². The minimum absolute atomic E-state index is 0.447. The Morgan fingerprint density at radius 2 is 2.00 bits per heavy atom. The Bertz CT molecular complexity index is 470. The van der Waals surface area contributed by atoms with Crippen LogP contribution in [0.3, 0.4) is 0 Å². The summed E-state index contributed by atoms with van der Waals surface area (Å²) in [6.45, 7) is 1.80. The average molecular weight is 200 g/mol. The lowest BCUT2D eigenvalue weighted by molar-refractivity contribution is -0.141. The number of hydrogen-bond acceptors (Lipinski definition) is 1. The van der Waals surface area contributed by atoms with Crippen LogP contribution in [-0.2, 0) is 6.18 Å². The highest BCUT2D eigenvalue weighted by molar-refractivity contribution is 5.48. The molecule has 0 saturated heterocycles. The van der Waals surface area contributed by atoms with Gasteiger partial charge in [0.05, 0.1) is 5.52 Å². The first-order valence-corrected chi connectivity index (χ1v) is 4.00. The molecule has 0 N–H and O–H groups in total. The predicted molar refractivity (Wildman–Crippen MR) is 44.9 cm³/mol. The molecule has 0 spiro atoms. The molecule has 0 amide bonds. The first kappa shape index (κ1) is 9.05. The van der Waals surface area contributed by atoms with E-state index in [0.717, 1.165) is 11.6 Å². The van der Waals surface area contributed by atoms with Crippen molar-refractivity contribution in [1.82, 2.24) is 9.61 Å². The molecular formula is C9H7F3N2. The standard InChI is InChI=1S/C9H7F3N2/c1-6-2-3-7-4-8(9(10,11)12)13-14(7)5-6/h2-5H,1H3. The number of aryl methyl sites for hydroxylation is 1. The zero-order valence-corrected chi connectivity index (χ0v) is 7.34. The van der Waals surface area contributed by atoms with E-state index in [1.165, 1.54) is 4.52 Å². The minimum Gasteiger partial charge on any atom is -0.240 e. The Morgan fingerprint density at radius 1 is 1.29 bits per heavy atom. The fourth-order valence-corrected chi connectivity index (χ4v) is 1.23. The highest BCUT2D eigenvalue weighted by Crippen LogP contribution is 2.28. The van der Waals surface area contributed by atoms with Crippen molar-refractivity contribution in [2.24, 2.45) is 0 Å². The molecule has 74 valence electrons. The minimum atomic E-state index is -4.38. The number of alkyl halides is 3. The zero-order chi connectivity index (χ0) is 10.3. The van der Waals surface area contributed by atoms with Gasteiger partial charge in [0.1, 0.15) is 0 Å². The van der Waals surface area contributed by atoms with E-state index in [9.17, 15) is 13.2 Å². The topological polar surface area (TPSA) is 17.3 Å². The fourth-order valence-electron chi connectivity index (χ4n) is 1.23. The summed E-state index contributed by atoms with van der Waals surface area (Å²) in [6.07, 6.45) is -2.81. The van der Waals surface area contributed by atoms with E-state index in [1.54, 1.807) is 25.3 Å². The molecular weight excluding hydrogens is 193 g/mol. The average Bonchev–Trinajstić information content (AvgIpc) is 2.45. The number of pyridine rings is 1. The van der Waals surface area contributed by atoms with Gasteiger partial charge in [-0.25, -0.2) is 4.52 Å². The van der Waals surface area contributed by atoms with Gasteiger partial charge in [0.2, 0.25) is 0 Å². The van der Waals surface area contributed by atoms with E-state index >= 15 is 0 Å². The summed E-state index contributed by atoms with van der Waals surface area (Å²) < 4.78 is 38.0. The van der Waals surface area contributed by atoms with Gasteiger partial charge in [-0.3, -0.25) is 0 Å². The van der Waals surface area contributed by atoms with Gasteiger partial charge in [-0.05, 0) is 24.6 Å². The van der Waals surface area contributed by atoms with Gasteiger partial charge in [-0.1, -0.05) is 6.07 Å². The van der Waals surface area contributed by atoms with E-state index < -0.39 is 11.9 Å². The molecule has 0 aliphatic heterocycles. The van der Waals surface area contributed by atoms with Crippen LogP contribution in [0.4, 0.5) is 13.2 Å². The first-order valence-electron chi connectivity index (χ1n) is 4.00. The summed E-state index contributed by atoms with van der Waals surface area (Å²) in [4.78, 5) is 0. The molecule has 2 aromatic rings. The Balaban J connectivity index is 2.63. The van der Waals surface area contributed by atoms with Crippen molar-refractivity contribution in [2.75, 3.05) is 0 Å². The fraction of sp³-hybridized carbons (Fsp3) is 0.222. The lowest BCUT2D eigenvalue weighted by Crippen LogP contribution is -2.05.